The van der Waals surface area contributed by atoms with E-state index in [1.165, 1.54) is 52.8 Å². The lowest BCUT2D eigenvalue weighted by Crippen LogP contribution is -2.10. The first-order valence-electron chi connectivity index (χ1n) is 7.92. The molecule has 3 rings (SSSR count). The average Bonchev–Trinajstić information content (AvgIpc) is 3.16. The largest absolute Gasteiger partial charge is 0.297 e. The van der Waals surface area contributed by atoms with E-state index in [-0.39, 0.29) is 0 Å². The zero-order valence-corrected chi connectivity index (χ0v) is 14.9. The van der Waals surface area contributed by atoms with Gasteiger partial charge in [0.25, 0.3) is 0 Å². The van der Waals surface area contributed by atoms with Crippen molar-refractivity contribution in [2.75, 3.05) is 5.75 Å². The van der Waals surface area contributed by atoms with E-state index in [2.05, 4.69) is 40.4 Å². The fourth-order valence-electron chi connectivity index (χ4n) is 3.03. The minimum atomic E-state index is 0.383. The van der Waals surface area contributed by atoms with Crippen LogP contribution in [0.3, 0.4) is 0 Å². The van der Waals surface area contributed by atoms with Crippen LogP contribution in [0, 0.1) is 17.2 Å². The highest BCUT2D eigenvalue weighted by molar-refractivity contribution is 7.99. The van der Waals surface area contributed by atoms with Crippen LogP contribution in [0.2, 0.25) is 0 Å². The fraction of sp³-hybridized carbons (Fsp3) is 0.471. The Labute approximate surface area is 145 Å². The summed E-state index contributed by atoms with van der Waals surface area (Å²) < 4.78 is 2.06. The van der Waals surface area contributed by atoms with E-state index >= 15 is 0 Å². The van der Waals surface area contributed by atoms with Gasteiger partial charge in [0.2, 0.25) is 0 Å². The molecule has 0 saturated heterocycles. The molecule has 0 N–H and O–H groups in total. The molecule has 0 aliphatic heterocycles. The van der Waals surface area contributed by atoms with Gasteiger partial charge < -0.3 is 0 Å². The maximum absolute atomic E-state index is 8.78. The number of thiophene rings is 1. The predicted octanol–water partition coefficient (Wildman–Crippen LogP) is 4.32. The van der Waals surface area contributed by atoms with Crippen molar-refractivity contribution in [2.45, 2.75) is 44.3 Å². The number of nitrogens with zero attached hydrogens (tertiary/aromatic N) is 4. The number of fused-ring (bicyclic) bond motifs is 1. The molecule has 0 fully saturated rings. The third-order valence-corrected chi connectivity index (χ3v) is 6.34. The standard InChI is InChI=1S/C17H20N4S2/c1-3-8-21-16(19-20-17(21)22-9-7-18)15-11-13-10-12(4-2)5-6-14(13)23-15/h3,11-12H,1,4-6,8-10H2,2H3. The molecular formula is C17H20N4S2. The van der Waals surface area contributed by atoms with E-state index in [1.54, 1.807) is 0 Å². The highest BCUT2D eigenvalue weighted by Crippen LogP contribution is 2.38. The summed E-state index contributed by atoms with van der Waals surface area (Å²) in [6.07, 6.45) is 6.78. The minimum Gasteiger partial charge on any atom is -0.297 e. The Morgan fingerprint density at radius 2 is 2.43 bits per heavy atom. The molecule has 0 amide bonds. The van der Waals surface area contributed by atoms with Gasteiger partial charge in [0, 0.05) is 11.4 Å². The van der Waals surface area contributed by atoms with Crippen molar-refractivity contribution in [1.29, 1.82) is 5.26 Å². The van der Waals surface area contributed by atoms with Crippen molar-refractivity contribution >= 4 is 23.1 Å². The lowest BCUT2D eigenvalue weighted by atomic mass is 9.87. The molecule has 23 heavy (non-hydrogen) atoms. The average molecular weight is 345 g/mol. The van der Waals surface area contributed by atoms with Crippen molar-refractivity contribution in [3.8, 4) is 16.8 Å². The molecule has 2 aromatic heterocycles. The van der Waals surface area contributed by atoms with Crippen LogP contribution in [0.25, 0.3) is 10.7 Å². The van der Waals surface area contributed by atoms with Crippen molar-refractivity contribution in [1.82, 2.24) is 14.8 Å². The maximum Gasteiger partial charge on any atom is 0.192 e. The summed E-state index contributed by atoms with van der Waals surface area (Å²) in [5.74, 6) is 2.10. The summed E-state index contributed by atoms with van der Waals surface area (Å²) >= 11 is 3.27. The van der Waals surface area contributed by atoms with Crippen LogP contribution in [0.15, 0.2) is 23.9 Å². The van der Waals surface area contributed by atoms with E-state index in [4.69, 9.17) is 5.26 Å². The van der Waals surface area contributed by atoms with Gasteiger partial charge in [-0.15, -0.1) is 28.1 Å². The van der Waals surface area contributed by atoms with Gasteiger partial charge in [-0.05, 0) is 36.8 Å². The second-order valence-electron chi connectivity index (χ2n) is 5.73. The number of hydrogen-bond donors (Lipinski definition) is 0. The Morgan fingerprint density at radius 1 is 1.57 bits per heavy atom. The molecule has 0 spiro atoms. The minimum absolute atomic E-state index is 0.383. The number of rotatable bonds is 6. The van der Waals surface area contributed by atoms with Gasteiger partial charge in [0.05, 0.1) is 16.7 Å². The number of aryl methyl sites for hydroxylation is 1. The molecule has 2 aromatic rings. The molecule has 1 atom stereocenters. The molecule has 120 valence electrons. The molecule has 0 aromatic carbocycles. The highest BCUT2D eigenvalue weighted by atomic mass is 32.2. The van der Waals surface area contributed by atoms with E-state index in [0.29, 0.717) is 12.3 Å². The molecule has 2 heterocycles. The third-order valence-electron chi connectivity index (χ3n) is 4.28. The van der Waals surface area contributed by atoms with Crippen molar-refractivity contribution in [2.24, 2.45) is 5.92 Å². The van der Waals surface area contributed by atoms with Gasteiger partial charge in [-0.25, -0.2) is 0 Å². The molecule has 0 radical (unpaired) electrons. The molecule has 0 saturated carbocycles. The predicted molar refractivity (Wildman–Crippen MR) is 95.7 cm³/mol. The van der Waals surface area contributed by atoms with Crippen molar-refractivity contribution in [3.63, 3.8) is 0 Å². The van der Waals surface area contributed by atoms with Gasteiger partial charge in [-0.2, -0.15) is 5.26 Å². The van der Waals surface area contributed by atoms with Gasteiger partial charge in [0.1, 0.15) is 0 Å². The number of allylic oxidation sites excluding steroid dienone is 1. The summed E-state index contributed by atoms with van der Waals surface area (Å²) in [6, 6.07) is 4.44. The number of aromatic nitrogens is 3. The molecule has 1 aliphatic rings. The molecule has 6 heteroatoms. The topological polar surface area (TPSA) is 54.5 Å². The summed E-state index contributed by atoms with van der Waals surface area (Å²) in [7, 11) is 0. The Hall–Kier alpha value is -1.58. The van der Waals surface area contributed by atoms with Crippen molar-refractivity contribution < 1.29 is 0 Å². The highest BCUT2D eigenvalue weighted by Gasteiger charge is 2.23. The number of hydrogen-bond acceptors (Lipinski definition) is 5. The van der Waals surface area contributed by atoms with Crippen molar-refractivity contribution in [3.05, 3.63) is 29.2 Å². The van der Waals surface area contributed by atoms with Gasteiger partial charge in [0.15, 0.2) is 11.0 Å². The van der Waals surface area contributed by atoms with Gasteiger partial charge >= 0.3 is 0 Å². The number of thioether (sulfide) groups is 1. The Kier molecular flexibility index (Phi) is 5.19. The number of nitriles is 1. The second-order valence-corrected chi connectivity index (χ2v) is 7.81. The first kappa shape index (κ1) is 16.3. The van der Waals surface area contributed by atoms with Crippen LogP contribution in [-0.2, 0) is 19.4 Å². The Morgan fingerprint density at radius 3 is 3.17 bits per heavy atom. The van der Waals surface area contributed by atoms with E-state index in [0.717, 1.165) is 16.9 Å². The van der Waals surface area contributed by atoms with Crippen LogP contribution in [0.5, 0.6) is 0 Å². The molecular weight excluding hydrogens is 324 g/mol. The lowest BCUT2D eigenvalue weighted by Gasteiger charge is -2.19. The van der Waals surface area contributed by atoms with E-state index in [9.17, 15) is 0 Å². The maximum atomic E-state index is 8.78. The second kappa shape index (κ2) is 7.33. The summed E-state index contributed by atoms with van der Waals surface area (Å²) in [5, 5.41) is 18.2. The SMILES string of the molecule is C=CCn1c(SCC#N)nnc1-c1cc2c(s1)CCC(CC)C2. The summed E-state index contributed by atoms with van der Waals surface area (Å²) in [5.41, 5.74) is 1.49. The zero-order chi connectivity index (χ0) is 16.2. The zero-order valence-electron chi connectivity index (χ0n) is 13.3. The monoisotopic (exact) mass is 344 g/mol. The first-order chi connectivity index (χ1) is 11.3. The summed E-state index contributed by atoms with van der Waals surface area (Å²) in [6.45, 7) is 6.77. The van der Waals surface area contributed by atoms with E-state index in [1.807, 2.05) is 17.4 Å². The first-order valence-corrected chi connectivity index (χ1v) is 9.72. The molecule has 1 unspecified atom stereocenters. The fourth-order valence-corrected chi connectivity index (χ4v) is 4.84. The van der Waals surface area contributed by atoms with Crippen LogP contribution in [0.4, 0.5) is 0 Å². The van der Waals surface area contributed by atoms with Crippen LogP contribution >= 0.6 is 23.1 Å². The normalized spacial score (nSPS) is 16.8. The molecule has 1 aliphatic carbocycles. The van der Waals surface area contributed by atoms with Crippen LogP contribution in [0.1, 0.15) is 30.2 Å². The van der Waals surface area contributed by atoms with Gasteiger partial charge in [-0.3, -0.25) is 4.57 Å². The van der Waals surface area contributed by atoms with Gasteiger partial charge in [-0.1, -0.05) is 31.2 Å². The Balaban J connectivity index is 1.93. The third kappa shape index (κ3) is 3.36. The van der Waals surface area contributed by atoms with Crippen LogP contribution in [-0.4, -0.2) is 20.5 Å². The summed E-state index contributed by atoms with van der Waals surface area (Å²) in [4.78, 5) is 2.69. The quantitative estimate of drug-likeness (QED) is 0.578. The Bertz CT molecular complexity index is 738. The van der Waals surface area contributed by atoms with Crippen LogP contribution < -0.4 is 0 Å². The molecule has 4 nitrogen and oxygen atoms in total. The van der Waals surface area contributed by atoms with E-state index < -0.39 is 0 Å². The lowest BCUT2D eigenvalue weighted by molar-refractivity contribution is 0.449. The molecule has 0 bridgehead atoms. The smallest absolute Gasteiger partial charge is 0.192 e.